The van der Waals surface area contributed by atoms with E-state index in [4.69, 9.17) is 0 Å². The van der Waals surface area contributed by atoms with Crippen molar-refractivity contribution in [3.8, 4) is 0 Å². The SMILES string of the molecule is O=C(N[C@@H](c1ccccc1)c1ccccn1)[C@@H]1CCCN(c2ncccn2)C1. The van der Waals surface area contributed by atoms with Gasteiger partial charge in [-0.3, -0.25) is 9.78 Å². The molecule has 1 saturated heterocycles. The van der Waals surface area contributed by atoms with E-state index in [0.29, 0.717) is 12.5 Å². The minimum atomic E-state index is -0.266. The van der Waals surface area contributed by atoms with Crippen molar-refractivity contribution < 1.29 is 4.79 Å². The lowest BCUT2D eigenvalue weighted by molar-refractivity contribution is -0.125. The monoisotopic (exact) mass is 373 g/mol. The first-order valence-electron chi connectivity index (χ1n) is 9.59. The Morgan fingerprint density at radius 2 is 1.71 bits per heavy atom. The van der Waals surface area contributed by atoms with Crippen molar-refractivity contribution in [2.45, 2.75) is 18.9 Å². The zero-order valence-corrected chi connectivity index (χ0v) is 15.6. The van der Waals surface area contributed by atoms with Gasteiger partial charge in [0.25, 0.3) is 0 Å². The number of hydrogen-bond donors (Lipinski definition) is 1. The molecule has 2 atom stereocenters. The van der Waals surface area contributed by atoms with Crippen molar-refractivity contribution in [3.05, 3.63) is 84.4 Å². The lowest BCUT2D eigenvalue weighted by Crippen LogP contribution is -2.44. The summed E-state index contributed by atoms with van der Waals surface area (Å²) in [6.45, 7) is 1.50. The number of nitrogens with zero attached hydrogens (tertiary/aromatic N) is 4. The van der Waals surface area contributed by atoms with Crippen LogP contribution < -0.4 is 10.2 Å². The van der Waals surface area contributed by atoms with Gasteiger partial charge in [0.15, 0.2) is 0 Å². The highest BCUT2D eigenvalue weighted by molar-refractivity contribution is 5.80. The topological polar surface area (TPSA) is 71.0 Å². The van der Waals surface area contributed by atoms with E-state index in [9.17, 15) is 4.79 Å². The Labute approximate surface area is 164 Å². The zero-order valence-electron chi connectivity index (χ0n) is 15.6. The van der Waals surface area contributed by atoms with Crippen molar-refractivity contribution in [1.82, 2.24) is 20.3 Å². The lowest BCUT2D eigenvalue weighted by atomic mass is 9.95. The minimum Gasteiger partial charge on any atom is -0.343 e. The Kier molecular flexibility index (Phi) is 5.56. The molecule has 2 aromatic heterocycles. The number of pyridine rings is 1. The molecule has 142 valence electrons. The highest BCUT2D eigenvalue weighted by Crippen LogP contribution is 2.24. The van der Waals surface area contributed by atoms with Gasteiger partial charge in [-0.05, 0) is 36.6 Å². The van der Waals surface area contributed by atoms with E-state index in [1.165, 1.54) is 0 Å². The highest BCUT2D eigenvalue weighted by atomic mass is 16.2. The van der Waals surface area contributed by atoms with Crippen molar-refractivity contribution in [1.29, 1.82) is 0 Å². The van der Waals surface area contributed by atoms with E-state index in [1.807, 2.05) is 48.5 Å². The van der Waals surface area contributed by atoms with E-state index < -0.39 is 0 Å². The smallest absolute Gasteiger partial charge is 0.225 e. The van der Waals surface area contributed by atoms with Gasteiger partial charge in [-0.1, -0.05) is 36.4 Å². The second-order valence-corrected chi connectivity index (χ2v) is 6.94. The van der Waals surface area contributed by atoms with Crippen molar-refractivity contribution in [3.63, 3.8) is 0 Å². The summed E-state index contributed by atoms with van der Waals surface area (Å²) in [7, 11) is 0. The summed E-state index contributed by atoms with van der Waals surface area (Å²) in [6.07, 6.45) is 7.03. The first-order chi connectivity index (χ1) is 13.8. The molecule has 0 bridgehead atoms. The van der Waals surface area contributed by atoms with Crippen LogP contribution in [-0.4, -0.2) is 33.9 Å². The molecule has 6 nitrogen and oxygen atoms in total. The molecule has 0 saturated carbocycles. The van der Waals surface area contributed by atoms with E-state index in [1.54, 1.807) is 24.7 Å². The Hall–Kier alpha value is -3.28. The molecule has 1 N–H and O–H groups in total. The van der Waals surface area contributed by atoms with Crippen LogP contribution in [0.15, 0.2) is 73.2 Å². The minimum absolute atomic E-state index is 0.0418. The molecule has 1 fully saturated rings. The molecule has 1 aliphatic rings. The molecular formula is C22H23N5O. The van der Waals surface area contributed by atoms with Crippen LogP contribution in [0.5, 0.6) is 0 Å². The van der Waals surface area contributed by atoms with Crippen molar-refractivity contribution in [2.75, 3.05) is 18.0 Å². The molecule has 6 heteroatoms. The summed E-state index contributed by atoms with van der Waals surface area (Å²) in [4.78, 5) is 28.3. The predicted molar refractivity (Wildman–Crippen MR) is 108 cm³/mol. The van der Waals surface area contributed by atoms with Crippen LogP contribution in [0.2, 0.25) is 0 Å². The highest BCUT2D eigenvalue weighted by Gasteiger charge is 2.29. The van der Waals surface area contributed by atoms with Crippen LogP contribution >= 0.6 is 0 Å². The Morgan fingerprint density at radius 1 is 0.964 bits per heavy atom. The van der Waals surface area contributed by atoms with Crippen LogP contribution in [0.4, 0.5) is 5.95 Å². The number of aromatic nitrogens is 3. The molecule has 3 aromatic rings. The number of nitrogens with one attached hydrogen (secondary N) is 1. The van der Waals surface area contributed by atoms with Crippen LogP contribution in [0, 0.1) is 5.92 Å². The maximum absolute atomic E-state index is 13.1. The molecule has 28 heavy (non-hydrogen) atoms. The molecular weight excluding hydrogens is 350 g/mol. The van der Waals surface area contributed by atoms with Crippen molar-refractivity contribution in [2.24, 2.45) is 5.92 Å². The van der Waals surface area contributed by atoms with Gasteiger partial charge in [0.2, 0.25) is 11.9 Å². The third-order valence-corrected chi connectivity index (χ3v) is 5.03. The van der Waals surface area contributed by atoms with Crippen LogP contribution in [0.1, 0.15) is 30.1 Å². The number of carbonyl (C=O) groups is 1. The van der Waals surface area contributed by atoms with Crippen LogP contribution in [0.3, 0.4) is 0 Å². The molecule has 0 unspecified atom stereocenters. The number of hydrogen-bond acceptors (Lipinski definition) is 5. The van der Waals surface area contributed by atoms with Gasteiger partial charge >= 0.3 is 0 Å². The second kappa shape index (κ2) is 8.61. The first kappa shape index (κ1) is 18.1. The third kappa shape index (κ3) is 4.17. The van der Waals surface area contributed by atoms with Gasteiger partial charge in [-0.15, -0.1) is 0 Å². The largest absolute Gasteiger partial charge is 0.343 e. The maximum Gasteiger partial charge on any atom is 0.225 e. The van der Waals surface area contributed by atoms with Crippen molar-refractivity contribution >= 4 is 11.9 Å². The number of rotatable bonds is 5. The Balaban J connectivity index is 1.51. The fourth-order valence-corrected chi connectivity index (χ4v) is 3.61. The van der Waals surface area contributed by atoms with Crippen LogP contribution in [0.25, 0.3) is 0 Å². The average Bonchev–Trinajstić information content (AvgIpc) is 2.79. The van der Waals surface area contributed by atoms with Gasteiger partial charge < -0.3 is 10.2 Å². The summed E-state index contributed by atoms with van der Waals surface area (Å²) in [5.74, 6) is 0.622. The summed E-state index contributed by atoms with van der Waals surface area (Å²) in [5, 5.41) is 3.22. The van der Waals surface area contributed by atoms with Gasteiger partial charge in [-0.25, -0.2) is 9.97 Å². The molecule has 1 amide bonds. The van der Waals surface area contributed by atoms with E-state index in [0.717, 1.165) is 30.6 Å². The van der Waals surface area contributed by atoms with Gasteiger partial charge in [0.1, 0.15) is 0 Å². The molecule has 3 heterocycles. The Morgan fingerprint density at radius 3 is 2.46 bits per heavy atom. The summed E-state index contributed by atoms with van der Waals surface area (Å²) in [5.41, 5.74) is 1.86. The quantitative estimate of drug-likeness (QED) is 0.744. The molecule has 4 rings (SSSR count). The molecule has 0 spiro atoms. The van der Waals surface area contributed by atoms with Crippen LogP contribution in [-0.2, 0) is 4.79 Å². The predicted octanol–water partition coefficient (Wildman–Crippen LogP) is 2.99. The first-order valence-corrected chi connectivity index (χ1v) is 9.59. The number of benzene rings is 1. The molecule has 1 aromatic carbocycles. The fraction of sp³-hybridized carbons (Fsp3) is 0.273. The normalized spacial score (nSPS) is 17.7. The Bertz CT molecular complexity index is 849. The number of carbonyl (C=O) groups excluding carboxylic acids is 1. The van der Waals surface area contributed by atoms with Gasteiger partial charge in [-0.2, -0.15) is 0 Å². The molecule has 0 aliphatic carbocycles. The summed E-state index contributed by atoms with van der Waals surface area (Å²) < 4.78 is 0. The average molecular weight is 373 g/mol. The van der Waals surface area contributed by atoms with Gasteiger partial charge in [0, 0.05) is 31.7 Å². The third-order valence-electron chi connectivity index (χ3n) is 5.03. The zero-order chi connectivity index (χ0) is 19.2. The number of piperidine rings is 1. The standard InChI is InChI=1S/C22H23N5O/c28-21(18-10-6-15-27(16-18)22-24-13-7-14-25-22)26-20(17-8-2-1-3-9-17)19-11-4-5-12-23-19/h1-5,7-9,11-14,18,20H,6,10,15-16H2,(H,26,28)/t18-,20+/m1/s1. The maximum atomic E-state index is 13.1. The summed E-state index contributed by atoms with van der Waals surface area (Å²) in [6, 6.07) is 17.3. The van der Waals surface area contributed by atoms with Gasteiger partial charge in [0.05, 0.1) is 17.7 Å². The fourth-order valence-electron chi connectivity index (χ4n) is 3.61. The van der Waals surface area contributed by atoms with E-state index in [-0.39, 0.29) is 17.9 Å². The lowest BCUT2D eigenvalue weighted by Gasteiger charge is -2.32. The second-order valence-electron chi connectivity index (χ2n) is 6.94. The molecule has 1 aliphatic heterocycles. The number of anilines is 1. The summed E-state index contributed by atoms with van der Waals surface area (Å²) >= 11 is 0. The molecule has 0 radical (unpaired) electrons. The van der Waals surface area contributed by atoms with E-state index in [2.05, 4.69) is 25.2 Å². The van der Waals surface area contributed by atoms with E-state index >= 15 is 0 Å². The number of amides is 1.